The van der Waals surface area contributed by atoms with Gasteiger partial charge in [-0.3, -0.25) is 0 Å². The number of nitrogens with one attached hydrogen (secondary N) is 1. The maximum absolute atomic E-state index is 15.5. The van der Waals surface area contributed by atoms with Gasteiger partial charge in [0, 0.05) is 25.5 Å². The zero-order valence-electron chi connectivity index (χ0n) is 12.2. The maximum atomic E-state index is 15.5. The molecule has 8 heteroatoms. The highest BCUT2D eigenvalue weighted by Gasteiger charge is 2.35. The number of rotatable bonds is 5. The SMILES string of the molecule is CN(C)C(=S)OCC(F)(Cc1cn[nH]n1)c1ccc(Cl)cc1. The van der Waals surface area contributed by atoms with E-state index in [4.69, 9.17) is 28.6 Å². The van der Waals surface area contributed by atoms with E-state index in [-0.39, 0.29) is 18.2 Å². The van der Waals surface area contributed by atoms with E-state index in [0.717, 1.165) is 0 Å². The molecule has 5 nitrogen and oxygen atoms in total. The number of hydrogen-bond donors (Lipinski definition) is 1. The van der Waals surface area contributed by atoms with Gasteiger partial charge < -0.3 is 9.64 Å². The van der Waals surface area contributed by atoms with Crippen molar-refractivity contribution in [1.82, 2.24) is 20.3 Å². The minimum absolute atomic E-state index is 0.0151. The topological polar surface area (TPSA) is 54.0 Å². The van der Waals surface area contributed by atoms with Crippen LogP contribution in [0.3, 0.4) is 0 Å². The monoisotopic (exact) mass is 342 g/mol. The fraction of sp³-hybridized carbons (Fsp3) is 0.357. The van der Waals surface area contributed by atoms with Gasteiger partial charge in [-0.2, -0.15) is 15.4 Å². The van der Waals surface area contributed by atoms with Crippen LogP contribution >= 0.6 is 23.8 Å². The molecule has 1 aromatic carbocycles. The van der Waals surface area contributed by atoms with Gasteiger partial charge in [0.2, 0.25) is 0 Å². The Balaban J connectivity index is 2.23. The molecule has 0 spiro atoms. The summed E-state index contributed by atoms with van der Waals surface area (Å²) in [5.74, 6) is 0. The predicted molar refractivity (Wildman–Crippen MR) is 86.6 cm³/mol. The molecule has 0 saturated heterocycles. The summed E-state index contributed by atoms with van der Waals surface area (Å²) >= 11 is 10.9. The third-order valence-corrected chi connectivity index (χ3v) is 3.81. The van der Waals surface area contributed by atoms with Crippen LogP contribution in [0.15, 0.2) is 30.5 Å². The summed E-state index contributed by atoms with van der Waals surface area (Å²) in [6.45, 7) is -0.224. The molecule has 1 aromatic heterocycles. The molecular formula is C14H16ClFN4OS. The van der Waals surface area contributed by atoms with Gasteiger partial charge >= 0.3 is 0 Å². The second kappa shape index (κ2) is 7.02. The van der Waals surface area contributed by atoms with Gasteiger partial charge in [-0.1, -0.05) is 23.7 Å². The van der Waals surface area contributed by atoms with E-state index in [1.165, 1.54) is 6.20 Å². The number of ether oxygens (including phenoxy) is 1. The molecule has 0 saturated carbocycles. The zero-order chi connectivity index (χ0) is 16.2. The molecule has 0 bridgehead atoms. The largest absolute Gasteiger partial charge is 0.467 e. The van der Waals surface area contributed by atoms with Crippen LogP contribution in [-0.2, 0) is 16.8 Å². The van der Waals surface area contributed by atoms with Crippen molar-refractivity contribution in [2.75, 3.05) is 20.7 Å². The van der Waals surface area contributed by atoms with E-state index in [0.29, 0.717) is 16.3 Å². The van der Waals surface area contributed by atoms with Crippen molar-refractivity contribution in [2.24, 2.45) is 0 Å². The lowest BCUT2D eigenvalue weighted by molar-refractivity contribution is 0.0692. The number of thiocarbonyl (C=S) groups is 1. The van der Waals surface area contributed by atoms with Crippen LogP contribution in [-0.4, -0.2) is 46.2 Å². The van der Waals surface area contributed by atoms with Crippen molar-refractivity contribution < 1.29 is 9.13 Å². The summed E-state index contributed by atoms with van der Waals surface area (Å²) < 4.78 is 20.9. The molecule has 118 valence electrons. The minimum Gasteiger partial charge on any atom is -0.467 e. The zero-order valence-corrected chi connectivity index (χ0v) is 13.8. The smallest absolute Gasteiger partial charge is 0.258 e. The van der Waals surface area contributed by atoms with Gasteiger partial charge in [0.05, 0.1) is 11.9 Å². The molecule has 2 aromatic rings. The first-order valence-corrected chi connectivity index (χ1v) is 7.33. The number of H-pyrrole nitrogens is 1. The van der Waals surface area contributed by atoms with E-state index >= 15 is 4.39 Å². The molecule has 0 aliphatic carbocycles. The Kier molecular flexibility index (Phi) is 5.31. The Morgan fingerprint density at radius 3 is 2.64 bits per heavy atom. The Labute approximate surface area is 138 Å². The predicted octanol–water partition coefficient (Wildman–Crippen LogP) is 2.73. The van der Waals surface area contributed by atoms with Gasteiger partial charge in [0.1, 0.15) is 6.61 Å². The quantitative estimate of drug-likeness (QED) is 0.847. The van der Waals surface area contributed by atoms with Crippen LogP contribution in [0.5, 0.6) is 0 Å². The van der Waals surface area contributed by atoms with Crippen molar-refractivity contribution in [3.63, 3.8) is 0 Å². The molecule has 0 radical (unpaired) electrons. The number of aromatic amines is 1. The number of alkyl halides is 1. The average molecular weight is 343 g/mol. The van der Waals surface area contributed by atoms with Gasteiger partial charge in [-0.25, -0.2) is 4.39 Å². The standard InChI is InChI=1S/C14H16ClFN4OS/c1-20(2)13(22)21-9-14(16,7-12-8-17-19-18-12)10-3-5-11(15)6-4-10/h3-6,8H,7,9H2,1-2H3,(H,17,18,19). The summed E-state index contributed by atoms with van der Waals surface area (Å²) in [5, 5.41) is 10.8. The molecule has 1 N–H and O–H groups in total. The minimum atomic E-state index is -1.79. The van der Waals surface area contributed by atoms with Crippen LogP contribution in [0.25, 0.3) is 0 Å². The first-order valence-electron chi connectivity index (χ1n) is 6.54. The third-order valence-electron chi connectivity index (χ3n) is 3.08. The summed E-state index contributed by atoms with van der Waals surface area (Å²) in [4.78, 5) is 1.60. The fourth-order valence-electron chi connectivity index (χ4n) is 1.89. The van der Waals surface area contributed by atoms with Crippen molar-refractivity contribution in [3.05, 3.63) is 46.7 Å². The summed E-state index contributed by atoms with van der Waals surface area (Å²) in [7, 11) is 3.48. The van der Waals surface area contributed by atoms with Gasteiger partial charge in [0.25, 0.3) is 5.17 Å². The molecular weight excluding hydrogens is 327 g/mol. The van der Waals surface area contributed by atoms with Crippen LogP contribution in [0.4, 0.5) is 4.39 Å². The van der Waals surface area contributed by atoms with Crippen LogP contribution < -0.4 is 0 Å². The summed E-state index contributed by atoms with van der Waals surface area (Å²) in [6, 6.07) is 6.53. The Morgan fingerprint density at radius 1 is 1.41 bits per heavy atom. The number of aromatic nitrogens is 3. The van der Waals surface area contributed by atoms with E-state index < -0.39 is 5.67 Å². The maximum Gasteiger partial charge on any atom is 0.258 e. The molecule has 0 amide bonds. The molecule has 0 fully saturated rings. The highest BCUT2D eigenvalue weighted by molar-refractivity contribution is 7.80. The highest BCUT2D eigenvalue weighted by Crippen LogP contribution is 2.31. The first-order chi connectivity index (χ1) is 10.4. The molecule has 1 atom stereocenters. The van der Waals surface area contributed by atoms with Crippen LogP contribution in [0, 0.1) is 0 Å². The van der Waals surface area contributed by atoms with E-state index in [2.05, 4.69) is 15.4 Å². The second-order valence-corrected chi connectivity index (χ2v) is 5.85. The Morgan fingerprint density at radius 2 is 2.09 bits per heavy atom. The van der Waals surface area contributed by atoms with E-state index in [1.54, 1.807) is 43.3 Å². The molecule has 0 aliphatic rings. The lowest BCUT2D eigenvalue weighted by atomic mass is 9.92. The van der Waals surface area contributed by atoms with Crippen LogP contribution in [0.2, 0.25) is 5.02 Å². The number of nitrogens with zero attached hydrogens (tertiary/aromatic N) is 3. The van der Waals surface area contributed by atoms with E-state index in [1.807, 2.05) is 0 Å². The fourth-order valence-corrected chi connectivity index (χ4v) is 2.07. The first kappa shape index (κ1) is 16.6. The molecule has 0 aliphatic heterocycles. The van der Waals surface area contributed by atoms with Crippen molar-refractivity contribution in [1.29, 1.82) is 0 Å². The number of hydrogen-bond acceptors (Lipinski definition) is 4. The molecule has 1 unspecified atom stereocenters. The van der Waals surface area contributed by atoms with Crippen molar-refractivity contribution in [3.8, 4) is 0 Å². The summed E-state index contributed by atoms with van der Waals surface area (Å²) in [6.07, 6.45) is 1.50. The Bertz CT molecular complexity index is 620. The summed E-state index contributed by atoms with van der Waals surface area (Å²) in [5.41, 5.74) is -0.847. The molecule has 22 heavy (non-hydrogen) atoms. The van der Waals surface area contributed by atoms with E-state index in [9.17, 15) is 0 Å². The molecule has 2 rings (SSSR count). The van der Waals surface area contributed by atoms with Crippen molar-refractivity contribution in [2.45, 2.75) is 12.1 Å². The number of benzene rings is 1. The van der Waals surface area contributed by atoms with Gasteiger partial charge in [-0.15, -0.1) is 0 Å². The van der Waals surface area contributed by atoms with Gasteiger partial charge in [-0.05, 0) is 29.9 Å². The normalized spacial score (nSPS) is 13.5. The second-order valence-electron chi connectivity index (χ2n) is 5.06. The number of halogens is 2. The highest BCUT2D eigenvalue weighted by atomic mass is 35.5. The van der Waals surface area contributed by atoms with Gasteiger partial charge in [0.15, 0.2) is 5.67 Å². The lowest BCUT2D eigenvalue weighted by Gasteiger charge is -2.26. The third kappa shape index (κ3) is 4.14. The molecule has 1 heterocycles. The van der Waals surface area contributed by atoms with Crippen LogP contribution in [0.1, 0.15) is 11.3 Å². The lowest BCUT2D eigenvalue weighted by Crippen LogP contribution is -2.33. The average Bonchev–Trinajstić information content (AvgIpc) is 2.98. The van der Waals surface area contributed by atoms with Crippen molar-refractivity contribution >= 4 is 29.0 Å². The Hall–Kier alpha value is -1.73.